The van der Waals surface area contributed by atoms with Crippen LogP contribution in [0.1, 0.15) is 26.0 Å². The molecular formula is C18H26N4O2. The van der Waals surface area contributed by atoms with Crippen LogP contribution < -0.4 is 5.32 Å². The van der Waals surface area contributed by atoms with Gasteiger partial charge in [0.1, 0.15) is 5.65 Å². The molecule has 0 radical (unpaired) electrons. The lowest BCUT2D eigenvalue weighted by atomic mass is 10.1. The first-order chi connectivity index (χ1) is 11.6. The summed E-state index contributed by atoms with van der Waals surface area (Å²) in [6.07, 6.45) is 5.14. The molecule has 6 nitrogen and oxygen atoms in total. The van der Waals surface area contributed by atoms with E-state index in [0.29, 0.717) is 25.6 Å². The van der Waals surface area contributed by atoms with Gasteiger partial charge < -0.3 is 14.5 Å². The number of nitrogens with zero attached hydrogens (tertiary/aromatic N) is 3. The van der Waals surface area contributed by atoms with E-state index in [0.717, 1.165) is 30.9 Å². The van der Waals surface area contributed by atoms with Gasteiger partial charge in [-0.1, -0.05) is 6.07 Å². The third kappa shape index (κ3) is 4.33. The SMILES string of the molecule is CC(C)N1CCO[C@@H](CC(=O)NCCc2cn3ccccc3n2)C1. The first-order valence-corrected chi connectivity index (χ1v) is 8.67. The number of imidazole rings is 1. The molecule has 24 heavy (non-hydrogen) atoms. The van der Waals surface area contributed by atoms with Crippen molar-refractivity contribution in [2.75, 3.05) is 26.2 Å². The number of amides is 1. The number of aromatic nitrogens is 2. The summed E-state index contributed by atoms with van der Waals surface area (Å²) in [5.74, 6) is 0.0503. The van der Waals surface area contributed by atoms with Crippen molar-refractivity contribution >= 4 is 11.6 Å². The fourth-order valence-electron chi connectivity index (χ4n) is 3.05. The average molecular weight is 330 g/mol. The predicted molar refractivity (Wildman–Crippen MR) is 93.0 cm³/mol. The van der Waals surface area contributed by atoms with E-state index in [1.165, 1.54) is 0 Å². The van der Waals surface area contributed by atoms with Gasteiger partial charge in [0.2, 0.25) is 5.91 Å². The molecule has 0 aromatic carbocycles. The van der Waals surface area contributed by atoms with Crippen LogP contribution in [-0.4, -0.2) is 58.6 Å². The van der Waals surface area contributed by atoms with Crippen molar-refractivity contribution in [3.05, 3.63) is 36.3 Å². The third-order valence-electron chi connectivity index (χ3n) is 4.43. The van der Waals surface area contributed by atoms with Crippen LogP contribution in [0.4, 0.5) is 0 Å². The second-order valence-corrected chi connectivity index (χ2v) is 6.58. The van der Waals surface area contributed by atoms with Gasteiger partial charge in [0.25, 0.3) is 0 Å². The van der Waals surface area contributed by atoms with Gasteiger partial charge in [-0.25, -0.2) is 4.98 Å². The van der Waals surface area contributed by atoms with E-state index in [4.69, 9.17) is 4.74 Å². The Morgan fingerprint density at radius 3 is 3.12 bits per heavy atom. The van der Waals surface area contributed by atoms with Crippen LogP contribution in [0, 0.1) is 0 Å². The minimum atomic E-state index is -0.00339. The quantitative estimate of drug-likeness (QED) is 0.872. The molecule has 1 N–H and O–H groups in total. The molecule has 0 saturated carbocycles. The molecule has 3 heterocycles. The fourth-order valence-corrected chi connectivity index (χ4v) is 3.05. The highest BCUT2D eigenvalue weighted by Gasteiger charge is 2.24. The molecule has 0 bridgehead atoms. The summed E-state index contributed by atoms with van der Waals surface area (Å²) >= 11 is 0. The van der Waals surface area contributed by atoms with Gasteiger partial charge in [0, 0.05) is 44.5 Å². The van der Waals surface area contributed by atoms with Crippen molar-refractivity contribution in [2.45, 2.75) is 38.8 Å². The van der Waals surface area contributed by atoms with E-state index in [1.54, 1.807) is 0 Å². The molecule has 130 valence electrons. The van der Waals surface area contributed by atoms with E-state index in [2.05, 4.69) is 29.0 Å². The average Bonchev–Trinajstić information content (AvgIpc) is 2.97. The van der Waals surface area contributed by atoms with Gasteiger partial charge in [-0.2, -0.15) is 0 Å². The van der Waals surface area contributed by atoms with Gasteiger partial charge in [-0.3, -0.25) is 9.69 Å². The molecule has 6 heteroatoms. The summed E-state index contributed by atoms with van der Waals surface area (Å²) in [5.41, 5.74) is 1.92. The van der Waals surface area contributed by atoms with Crippen LogP contribution in [0.15, 0.2) is 30.6 Å². The fraction of sp³-hybridized carbons (Fsp3) is 0.556. The highest BCUT2D eigenvalue weighted by atomic mass is 16.5. The zero-order valence-electron chi connectivity index (χ0n) is 14.4. The van der Waals surface area contributed by atoms with Crippen LogP contribution in [0.2, 0.25) is 0 Å². The largest absolute Gasteiger partial charge is 0.375 e. The Hall–Kier alpha value is -1.92. The molecule has 0 spiro atoms. The maximum absolute atomic E-state index is 12.1. The van der Waals surface area contributed by atoms with Crippen molar-refractivity contribution < 1.29 is 9.53 Å². The monoisotopic (exact) mass is 330 g/mol. The first-order valence-electron chi connectivity index (χ1n) is 8.67. The number of carbonyl (C=O) groups is 1. The number of nitrogens with one attached hydrogen (secondary N) is 1. The summed E-state index contributed by atoms with van der Waals surface area (Å²) in [6.45, 7) is 7.44. The zero-order valence-corrected chi connectivity index (χ0v) is 14.4. The molecule has 1 aliphatic heterocycles. The standard InChI is InChI=1S/C18H26N4O2/c1-14(2)21-9-10-24-16(13-21)11-18(23)19-7-6-15-12-22-8-4-3-5-17(22)20-15/h3-5,8,12,14,16H,6-7,9-11,13H2,1-2H3,(H,19,23)/t16-/m0/s1. The molecule has 1 saturated heterocycles. The van der Waals surface area contributed by atoms with E-state index in [1.807, 2.05) is 35.0 Å². The molecule has 1 aliphatic rings. The Morgan fingerprint density at radius 1 is 1.46 bits per heavy atom. The second kappa shape index (κ2) is 7.77. The normalized spacial score (nSPS) is 19.0. The van der Waals surface area contributed by atoms with E-state index in [9.17, 15) is 4.79 Å². The molecule has 2 aromatic rings. The number of fused-ring (bicyclic) bond motifs is 1. The smallest absolute Gasteiger partial charge is 0.222 e. The van der Waals surface area contributed by atoms with Crippen LogP contribution in [0.3, 0.4) is 0 Å². The minimum absolute atomic E-state index is 0.00339. The molecule has 1 atom stereocenters. The van der Waals surface area contributed by atoms with Crippen molar-refractivity contribution in [2.24, 2.45) is 0 Å². The number of hydrogen-bond acceptors (Lipinski definition) is 4. The van der Waals surface area contributed by atoms with Crippen molar-refractivity contribution in [1.29, 1.82) is 0 Å². The predicted octanol–water partition coefficient (Wildman–Crippen LogP) is 1.49. The second-order valence-electron chi connectivity index (χ2n) is 6.58. The Kier molecular flexibility index (Phi) is 5.48. The number of hydrogen-bond donors (Lipinski definition) is 1. The highest BCUT2D eigenvalue weighted by Crippen LogP contribution is 2.11. The van der Waals surface area contributed by atoms with Crippen molar-refractivity contribution in [3.63, 3.8) is 0 Å². The van der Waals surface area contributed by atoms with Crippen LogP contribution >= 0.6 is 0 Å². The van der Waals surface area contributed by atoms with E-state index < -0.39 is 0 Å². The Bertz CT molecular complexity index is 649. The summed E-state index contributed by atoms with van der Waals surface area (Å²) in [6, 6.07) is 6.42. The zero-order chi connectivity index (χ0) is 16.9. The Balaban J connectivity index is 1.42. The van der Waals surface area contributed by atoms with Gasteiger partial charge in [-0.05, 0) is 26.0 Å². The summed E-state index contributed by atoms with van der Waals surface area (Å²) in [4.78, 5) is 19.0. The number of morpholine rings is 1. The summed E-state index contributed by atoms with van der Waals surface area (Å²) in [7, 11) is 0. The summed E-state index contributed by atoms with van der Waals surface area (Å²) in [5, 5.41) is 2.98. The highest BCUT2D eigenvalue weighted by molar-refractivity contribution is 5.76. The molecule has 3 rings (SSSR count). The number of ether oxygens (including phenoxy) is 1. The Labute approximate surface area is 142 Å². The summed E-state index contributed by atoms with van der Waals surface area (Å²) < 4.78 is 7.71. The number of carbonyl (C=O) groups excluding carboxylic acids is 1. The maximum atomic E-state index is 12.1. The lowest BCUT2D eigenvalue weighted by Crippen LogP contribution is -2.47. The van der Waals surface area contributed by atoms with E-state index >= 15 is 0 Å². The minimum Gasteiger partial charge on any atom is -0.375 e. The van der Waals surface area contributed by atoms with Gasteiger partial charge in [-0.15, -0.1) is 0 Å². The molecule has 1 amide bonds. The lowest BCUT2D eigenvalue weighted by molar-refractivity contribution is -0.126. The maximum Gasteiger partial charge on any atom is 0.222 e. The molecule has 2 aromatic heterocycles. The molecular weight excluding hydrogens is 304 g/mol. The third-order valence-corrected chi connectivity index (χ3v) is 4.43. The van der Waals surface area contributed by atoms with Gasteiger partial charge in [0.05, 0.1) is 24.8 Å². The molecule has 0 aliphatic carbocycles. The van der Waals surface area contributed by atoms with Crippen molar-refractivity contribution in [1.82, 2.24) is 19.6 Å². The Morgan fingerprint density at radius 2 is 2.33 bits per heavy atom. The van der Waals surface area contributed by atoms with Gasteiger partial charge >= 0.3 is 0 Å². The number of rotatable bonds is 6. The van der Waals surface area contributed by atoms with Crippen LogP contribution in [0.25, 0.3) is 5.65 Å². The van der Waals surface area contributed by atoms with E-state index in [-0.39, 0.29) is 12.0 Å². The molecule has 1 fully saturated rings. The van der Waals surface area contributed by atoms with Crippen LogP contribution in [-0.2, 0) is 16.0 Å². The first kappa shape index (κ1) is 16.9. The number of pyridine rings is 1. The molecule has 0 unspecified atom stereocenters. The van der Waals surface area contributed by atoms with Crippen LogP contribution in [0.5, 0.6) is 0 Å². The topological polar surface area (TPSA) is 58.9 Å². The van der Waals surface area contributed by atoms with Crippen molar-refractivity contribution in [3.8, 4) is 0 Å². The lowest BCUT2D eigenvalue weighted by Gasteiger charge is -2.35. The van der Waals surface area contributed by atoms with Gasteiger partial charge in [0.15, 0.2) is 0 Å².